The molecule has 0 saturated carbocycles. The van der Waals surface area contributed by atoms with Gasteiger partial charge in [0.2, 0.25) is 5.91 Å². The molecule has 10 heteroatoms. The topological polar surface area (TPSA) is 114 Å². The summed E-state index contributed by atoms with van der Waals surface area (Å²) in [5.41, 5.74) is 4.03. The molecule has 3 aromatic carbocycles. The fraction of sp³-hybridized carbons (Fsp3) is 0.172. The van der Waals surface area contributed by atoms with Gasteiger partial charge in [0.05, 0.1) is 12.0 Å². The number of nitrogens with zero attached hydrogens (tertiary/aromatic N) is 1. The van der Waals surface area contributed by atoms with Gasteiger partial charge in [0.25, 0.3) is 17.1 Å². The van der Waals surface area contributed by atoms with E-state index in [1.807, 2.05) is 38.1 Å². The van der Waals surface area contributed by atoms with Crippen molar-refractivity contribution in [3.63, 3.8) is 0 Å². The van der Waals surface area contributed by atoms with Gasteiger partial charge in [0.15, 0.2) is 18.1 Å². The maximum absolute atomic E-state index is 12.8. The molecule has 1 aliphatic heterocycles. The van der Waals surface area contributed by atoms with Crippen molar-refractivity contribution in [2.75, 3.05) is 30.9 Å². The van der Waals surface area contributed by atoms with Crippen LogP contribution in [0.1, 0.15) is 16.7 Å². The van der Waals surface area contributed by atoms with Crippen LogP contribution in [-0.2, 0) is 14.4 Å². The number of hydrogen-bond donors (Lipinski definition) is 2. The minimum Gasteiger partial charge on any atom is -0.493 e. The monoisotopic (exact) mass is 545 g/mol. The van der Waals surface area contributed by atoms with Crippen LogP contribution < -0.4 is 20.1 Å². The van der Waals surface area contributed by atoms with Crippen molar-refractivity contribution in [3.05, 3.63) is 88.3 Å². The number of nitrogens with one attached hydrogen (secondary N) is 2. The second-order valence-corrected chi connectivity index (χ2v) is 9.72. The number of methoxy groups -OCH3 is 1. The highest BCUT2D eigenvalue weighted by Crippen LogP contribution is 2.34. The molecular formula is C29H27N3O6S. The molecule has 3 aromatic rings. The number of anilines is 2. The van der Waals surface area contributed by atoms with Gasteiger partial charge in [-0.15, -0.1) is 0 Å². The Bertz CT molecular complexity index is 1450. The standard InChI is InChI=1S/C29H27N3O6S/c1-18-9-11-22(13-19(18)2)31-27(34)17-38-23-12-10-20(14-24(23)37-3)15-25-28(35)32(29(36)39-25)16-26(33)30-21-7-5-4-6-8-21/h4-15H,16-17H2,1-3H3,(H,30,33)(H,31,34)/b25-15-. The van der Waals surface area contributed by atoms with Crippen molar-refractivity contribution in [3.8, 4) is 11.5 Å². The van der Waals surface area contributed by atoms with Crippen LogP contribution in [0.25, 0.3) is 6.08 Å². The number of imide groups is 1. The zero-order valence-electron chi connectivity index (χ0n) is 21.6. The second kappa shape index (κ2) is 12.3. The Kier molecular flexibility index (Phi) is 8.67. The lowest BCUT2D eigenvalue weighted by Gasteiger charge is -2.13. The van der Waals surface area contributed by atoms with Gasteiger partial charge in [-0.25, -0.2) is 0 Å². The molecule has 0 unspecified atom stereocenters. The summed E-state index contributed by atoms with van der Waals surface area (Å²) in [6, 6.07) is 19.3. The van der Waals surface area contributed by atoms with E-state index in [1.165, 1.54) is 7.11 Å². The van der Waals surface area contributed by atoms with E-state index in [4.69, 9.17) is 9.47 Å². The Morgan fingerprint density at radius 3 is 2.33 bits per heavy atom. The minimum absolute atomic E-state index is 0.177. The molecule has 1 fully saturated rings. The van der Waals surface area contributed by atoms with Gasteiger partial charge in [-0.1, -0.05) is 30.3 Å². The van der Waals surface area contributed by atoms with Crippen LogP contribution in [0.2, 0.25) is 0 Å². The third-order valence-corrected chi connectivity index (χ3v) is 6.78. The van der Waals surface area contributed by atoms with Crippen LogP contribution in [0.5, 0.6) is 11.5 Å². The van der Waals surface area contributed by atoms with Crippen molar-refractivity contribution in [1.29, 1.82) is 0 Å². The SMILES string of the molecule is COc1cc(/C=C2\SC(=O)N(CC(=O)Nc3ccccc3)C2=O)ccc1OCC(=O)Nc1ccc(C)c(C)c1. The van der Waals surface area contributed by atoms with Crippen molar-refractivity contribution in [2.24, 2.45) is 0 Å². The van der Waals surface area contributed by atoms with Crippen LogP contribution in [-0.4, -0.2) is 48.1 Å². The number of carbonyl (C=O) groups excluding carboxylic acids is 4. The molecule has 0 radical (unpaired) electrons. The van der Waals surface area contributed by atoms with Crippen LogP contribution in [0.3, 0.4) is 0 Å². The molecule has 39 heavy (non-hydrogen) atoms. The maximum atomic E-state index is 12.8. The van der Waals surface area contributed by atoms with Crippen LogP contribution in [0.15, 0.2) is 71.6 Å². The van der Waals surface area contributed by atoms with E-state index in [0.29, 0.717) is 28.4 Å². The highest BCUT2D eigenvalue weighted by atomic mass is 32.2. The van der Waals surface area contributed by atoms with Crippen molar-refractivity contribution >= 4 is 52.2 Å². The lowest BCUT2D eigenvalue weighted by Crippen LogP contribution is -2.36. The molecule has 0 aliphatic carbocycles. The fourth-order valence-corrected chi connectivity index (χ4v) is 4.54. The summed E-state index contributed by atoms with van der Waals surface area (Å²) in [4.78, 5) is 51.0. The number of carbonyl (C=O) groups is 4. The van der Waals surface area contributed by atoms with E-state index in [2.05, 4.69) is 10.6 Å². The molecule has 0 aromatic heterocycles. The average Bonchev–Trinajstić information content (AvgIpc) is 3.17. The summed E-state index contributed by atoms with van der Waals surface area (Å²) in [5, 5.41) is 4.93. The summed E-state index contributed by atoms with van der Waals surface area (Å²) in [7, 11) is 1.46. The Hall–Kier alpha value is -4.57. The van der Waals surface area contributed by atoms with E-state index in [9.17, 15) is 19.2 Å². The van der Waals surface area contributed by atoms with Crippen LogP contribution >= 0.6 is 11.8 Å². The van der Waals surface area contributed by atoms with E-state index in [0.717, 1.165) is 27.8 Å². The van der Waals surface area contributed by atoms with Crippen molar-refractivity contribution in [2.45, 2.75) is 13.8 Å². The highest BCUT2D eigenvalue weighted by Gasteiger charge is 2.36. The summed E-state index contributed by atoms with van der Waals surface area (Å²) >= 11 is 0.753. The van der Waals surface area contributed by atoms with Crippen molar-refractivity contribution in [1.82, 2.24) is 4.90 Å². The predicted octanol–water partition coefficient (Wildman–Crippen LogP) is 5.00. The number of rotatable bonds is 9. The zero-order valence-corrected chi connectivity index (χ0v) is 22.5. The van der Waals surface area contributed by atoms with Gasteiger partial charge < -0.3 is 20.1 Å². The van der Waals surface area contributed by atoms with Gasteiger partial charge in [-0.2, -0.15) is 0 Å². The third-order valence-electron chi connectivity index (χ3n) is 5.87. The first-order chi connectivity index (χ1) is 18.7. The lowest BCUT2D eigenvalue weighted by molar-refractivity contribution is -0.127. The summed E-state index contributed by atoms with van der Waals surface area (Å²) in [5.74, 6) is -0.667. The first kappa shape index (κ1) is 27.5. The Balaban J connectivity index is 1.38. The zero-order chi connectivity index (χ0) is 27.9. The molecular weight excluding hydrogens is 518 g/mol. The molecule has 2 N–H and O–H groups in total. The maximum Gasteiger partial charge on any atom is 0.294 e. The minimum atomic E-state index is -0.560. The lowest BCUT2D eigenvalue weighted by atomic mass is 10.1. The van der Waals surface area contributed by atoms with Gasteiger partial charge in [-0.3, -0.25) is 24.1 Å². The number of para-hydroxylation sites is 1. The number of ether oxygens (including phenoxy) is 2. The van der Waals surface area contributed by atoms with E-state index in [-0.39, 0.29) is 17.4 Å². The number of aryl methyl sites for hydroxylation is 2. The molecule has 9 nitrogen and oxygen atoms in total. The average molecular weight is 546 g/mol. The van der Waals surface area contributed by atoms with Gasteiger partial charge in [0, 0.05) is 11.4 Å². The van der Waals surface area contributed by atoms with Crippen molar-refractivity contribution < 1.29 is 28.7 Å². The molecule has 4 rings (SSSR count). The Labute approximate surface area is 230 Å². The van der Waals surface area contributed by atoms with Gasteiger partial charge in [-0.05, 0) is 84.8 Å². The smallest absolute Gasteiger partial charge is 0.294 e. The van der Waals surface area contributed by atoms with Crippen LogP contribution in [0, 0.1) is 13.8 Å². The number of thioether (sulfide) groups is 1. The quantitative estimate of drug-likeness (QED) is 0.364. The van der Waals surface area contributed by atoms with E-state index < -0.39 is 23.6 Å². The molecule has 200 valence electrons. The first-order valence-electron chi connectivity index (χ1n) is 12.0. The number of amides is 4. The molecule has 0 spiro atoms. The molecule has 4 amide bonds. The van der Waals surface area contributed by atoms with Gasteiger partial charge >= 0.3 is 0 Å². The van der Waals surface area contributed by atoms with E-state index in [1.54, 1.807) is 48.5 Å². The number of hydrogen-bond acceptors (Lipinski definition) is 7. The van der Waals surface area contributed by atoms with Crippen LogP contribution in [0.4, 0.5) is 16.2 Å². The normalized spacial score (nSPS) is 13.9. The third kappa shape index (κ3) is 7.05. The second-order valence-electron chi connectivity index (χ2n) is 8.73. The highest BCUT2D eigenvalue weighted by molar-refractivity contribution is 8.18. The largest absolute Gasteiger partial charge is 0.493 e. The summed E-state index contributed by atoms with van der Waals surface area (Å²) < 4.78 is 11.1. The Morgan fingerprint density at radius 1 is 0.872 bits per heavy atom. The predicted molar refractivity (Wildman–Crippen MR) is 151 cm³/mol. The van der Waals surface area contributed by atoms with E-state index >= 15 is 0 Å². The molecule has 1 aliphatic rings. The molecule has 0 bridgehead atoms. The first-order valence-corrected chi connectivity index (χ1v) is 12.8. The molecule has 0 atom stereocenters. The summed E-state index contributed by atoms with van der Waals surface area (Å²) in [6.07, 6.45) is 1.54. The molecule has 1 saturated heterocycles. The fourth-order valence-electron chi connectivity index (χ4n) is 3.71. The Morgan fingerprint density at radius 2 is 1.62 bits per heavy atom. The number of benzene rings is 3. The molecule has 1 heterocycles. The summed E-state index contributed by atoms with van der Waals surface area (Å²) in [6.45, 7) is 3.34. The van der Waals surface area contributed by atoms with Gasteiger partial charge in [0.1, 0.15) is 6.54 Å².